The van der Waals surface area contributed by atoms with E-state index in [-0.39, 0.29) is 18.2 Å². The molecular formula is C22H35N5O4S2. The Hall–Kier alpha value is -1.95. The van der Waals surface area contributed by atoms with Crippen LogP contribution in [0.5, 0.6) is 0 Å². The Morgan fingerprint density at radius 1 is 1.15 bits per heavy atom. The zero-order valence-electron chi connectivity index (χ0n) is 20.1. The van der Waals surface area contributed by atoms with E-state index in [0.29, 0.717) is 23.7 Å². The lowest BCUT2D eigenvalue weighted by Gasteiger charge is -2.38. The first kappa shape index (κ1) is 27.3. The van der Waals surface area contributed by atoms with Gasteiger partial charge in [-0.25, -0.2) is 18.1 Å². The molecule has 0 bridgehead atoms. The van der Waals surface area contributed by atoms with E-state index >= 15 is 0 Å². The van der Waals surface area contributed by atoms with Crippen LogP contribution < -0.4 is 15.8 Å². The Morgan fingerprint density at radius 2 is 1.76 bits per heavy atom. The van der Waals surface area contributed by atoms with Crippen LogP contribution in [0.25, 0.3) is 0 Å². The fourth-order valence-electron chi connectivity index (χ4n) is 3.04. The maximum Gasteiger partial charge on any atom is 0.249 e. The molecule has 1 heterocycles. The van der Waals surface area contributed by atoms with Gasteiger partial charge in [-0.2, -0.15) is 5.10 Å². The molecule has 2 amide bonds. The lowest BCUT2D eigenvalue weighted by molar-refractivity contribution is -0.143. The SMILES string of the molecule is CCNCCS(=O)(=O)NC[C@@]1(c2ccccc2)SC(C(C)(C)C(N)=O)=NN1C(=O)C(C)(C)C. The average molecular weight is 498 g/mol. The van der Waals surface area contributed by atoms with Crippen LogP contribution >= 0.6 is 11.8 Å². The molecule has 11 heteroatoms. The number of thioether (sulfide) groups is 1. The molecule has 0 fully saturated rings. The molecule has 0 unspecified atom stereocenters. The Morgan fingerprint density at radius 3 is 2.27 bits per heavy atom. The summed E-state index contributed by atoms with van der Waals surface area (Å²) in [5.41, 5.74) is 4.37. The van der Waals surface area contributed by atoms with Gasteiger partial charge in [-0.05, 0) is 26.0 Å². The zero-order chi connectivity index (χ0) is 25.1. The number of primary amides is 1. The summed E-state index contributed by atoms with van der Waals surface area (Å²) >= 11 is 1.18. The van der Waals surface area contributed by atoms with Gasteiger partial charge in [-0.3, -0.25) is 9.59 Å². The molecule has 1 aromatic rings. The number of nitrogens with zero attached hydrogens (tertiary/aromatic N) is 2. The largest absolute Gasteiger partial charge is 0.369 e. The number of amides is 2. The van der Waals surface area contributed by atoms with Gasteiger partial charge in [0.1, 0.15) is 5.04 Å². The number of carbonyl (C=O) groups excluding carboxylic acids is 2. The van der Waals surface area contributed by atoms with Crippen molar-refractivity contribution in [3.05, 3.63) is 35.9 Å². The van der Waals surface area contributed by atoms with Crippen molar-refractivity contribution in [2.45, 2.75) is 46.4 Å². The highest BCUT2D eigenvalue weighted by atomic mass is 32.2. The molecule has 33 heavy (non-hydrogen) atoms. The molecule has 9 nitrogen and oxygen atoms in total. The minimum atomic E-state index is -3.65. The average Bonchev–Trinajstić information content (AvgIpc) is 3.13. The monoisotopic (exact) mass is 497 g/mol. The van der Waals surface area contributed by atoms with Crippen LogP contribution in [0.1, 0.15) is 47.1 Å². The third-order valence-electron chi connectivity index (χ3n) is 5.34. The van der Waals surface area contributed by atoms with E-state index in [1.54, 1.807) is 34.6 Å². The fraction of sp³-hybridized carbons (Fsp3) is 0.591. The number of benzene rings is 1. The topological polar surface area (TPSA) is 134 Å². The van der Waals surface area contributed by atoms with Crippen molar-refractivity contribution in [3.63, 3.8) is 0 Å². The molecule has 2 rings (SSSR count). The summed E-state index contributed by atoms with van der Waals surface area (Å²) < 4.78 is 28.1. The smallest absolute Gasteiger partial charge is 0.249 e. The Labute approximate surface area is 201 Å². The normalized spacial score (nSPS) is 19.5. The van der Waals surface area contributed by atoms with Gasteiger partial charge in [0.25, 0.3) is 0 Å². The molecule has 1 aliphatic rings. The highest BCUT2D eigenvalue weighted by molar-refractivity contribution is 8.15. The second-order valence-corrected chi connectivity index (χ2v) is 12.7. The lowest BCUT2D eigenvalue weighted by atomic mass is 9.93. The van der Waals surface area contributed by atoms with Crippen molar-refractivity contribution in [3.8, 4) is 0 Å². The van der Waals surface area contributed by atoms with E-state index in [2.05, 4.69) is 15.1 Å². The lowest BCUT2D eigenvalue weighted by Crippen LogP contribution is -2.52. The summed E-state index contributed by atoms with van der Waals surface area (Å²) in [6, 6.07) is 9.10. The number of nitrogens with two attached hydrogens (primary N) is 1. The predicted molar refractivity (Wildman–Crippen MR) is 133 cm³/mol. The Kier molecular flexibility index (Phi) is 8.37. The summed E-state index contributed by atoms with van der Waals surface area (Å²) in [6.45, 7) is 11.3. The van der Waals surface area contributed by atoms with Gasteiger partial charge < -0.3 is 11.1 Å². The fourth-order valence-corrected chi connectivity index (χ4v) is 5.52. The van der Waals surface area contributed by atoms with Crippen LogP contribution in [0, 0.1) is 10.8 Å². The number of hydrazone groups is 1. The van der Waals surface area contributed by atoms with Crippen LogP contribution in [-0.2, 0) is 24.5 Å². The van der Waals surface area contributed by atoms with Crippen LogP contribution in [0.2, 0.25) is 0 Å². The number of nitrogens with one attached hydrogen (secondary N) is 2. The van der Waals surface area contributed by atoms with Crippen molar-refractivity contribution in [1.29, 1.82) is 0 Å². The third-order valence-corrected chi connectivity index (χ3v) is 8.34. The first-order chi connectivity index (χ1) is 15.2. The van der Waals surface area contributed by atoms with Crippen molar-refractivity contribution in [1.82, 2.24) is 15.0 Å². The summed E-state index contributed by atoms with van der Waals surface area (Å²) in [7, 11) is -3.65. The van der Waals surface area contributed by atoms with Crippen molar-refractivity contribution >= 4 is 38.6 Å². The summed E-state index contributed by atoms with van der Waals surface area (Å²) in [5.74, 6) is -1.00. The molecule has 0 aliphatic carbocycles. The Balaban J connectivity index is 2.58. The number of hydrogen-bond acceptors (Lipinski definition) is 7. The van der Waals surface area contributed by atoms with Crippen LogP contribution in [0.15, 0.2) is 35.4 Å². The standard InChI is InChI=1S/C22H35N5O4S2/c1-7-24-13-14-33(30,31)25-15-22(16-11-9-8-10-12-16)27(19(29)20(2,3)4)26-18(32-22)21(5,6)17(23)28/h8-12,24-25H,7,13-15H2,1-6H3,(H2,23,28)/t22-/m0/s1. The van der Waals surface area contributed by atoms with E-state index < -0.39 is 31.6 Å². The predicted octanol–water partition coefficient (Wildman–Crippen LogP) is 1.81. The first-order valence-corrected chi connectivity index (χ1v) is 13.3. The maximum atomic E-state index is 13.5. The molecule has 1 aliphatic heterocycles. The van der Waals surface area contributed by atoms with Crippen LogP contribution in [0.4, 0.5) is 0 Å². The second kappa shape index (κ2) is 10.1. The van der Waals surface area contributed by atoms with E-state index in [0.717, 1.165) is 0 Å². The number of rotatable bonds is 10. The second-order valence-electron chi connectivity index (χ2n) is 9.51. The molecule has 0 spiro atoms. The van der Waals surface area contributed by atoms with Gasteiger partial charge in [0, 0.05) is 12.0 Å². The molecule has 4 N–H and O–H groups in total. The minimum Gasteiger partial charge on any atom is -0.369 e. The summed E-state index contributed by atoms with van der Waals surface area (Å²) in [6.07, 6.45) is 0. The van der Waals surface area contributed by atoms with E-state index in [1.165, 1.54) is 16.8 Å². The van der Waals surface area contributed by atoms with Crippen molar-refractivity contribution in [2.24, 2.45) is 21.7 Å². The van der Waals surface area contributed by atoms with Gasteiger partial charge >= 0.3 is 0 Å². The third kappa shape index (κ3) is 6.14. The number of carbonyl (C=O) groups is 2. The van der Waals surface area contributed by atoms with Gasteiger partial charge in [0.05, 0.1) is 17.7 Å². The van der Waals surface area contributed by atoms with E-state index in [4.69, 9.17) is 5.73 Å². The van der Waals surface area contributed by atoms with Crippen molar-refractivity contribution < 1.29 is 18.0 Å². The van der Waals surface area contributed by atoms with Crippen LogP contribution in [0.3, 0.4) is 0 Å². The quantitative estimate of drug-likeness (QED) is 0.422. The van der Waals surface area contributed by atoms with Gasteiger partial charge in [0.2, 0.25) is 21.8 Å². The van der Waals surface area contributed by atoms with E-state index in [1.807, 2.05) is 37.3 Å². The van der Waals surface area contributed by atoms with Crippen LogP contribution in [-0.4, -0.2) is 55.7 Å². The first-order valence-electron chi connectivity index (χ1n) is 10.8. The minimum absolute atomic E-state index is 0.107. The zero-order valence-corrected chi connectivity index (χ0v) is 21.8. The Bertz CT molecular complexity index is 1000. The summed E-state index contributed by atoms with van der Waals surface area (Å²) in [4.78, 5) is 24.5. The molecule has 1 atom stereocenters. The highest BCUT2D eigenvalue weighted by Crippen LogP contribution is 2.50. The van der Waals surface area contributed by atoms with Gasteiger partial charge in [-0.15, -0.1) is 0 Å². The molecule has 0 radical (unpaired) electrons. The maximum absolute atomic E-state index is 13.5. The molecule has 0 aromatic heterocycles. The highest BCUT2D eigenvalue weighted by Gasteiger charge is 2.54. The molecule has 0 saturated heterocycles. The molecule has 1 aromatic carbocycles. The van der Waals surface area contributed by atoms with E-state index in [9.17, 15) is 18.0 Å². The number of sulfonamides is 1. The molecule has 184 valence electrons. The van der Waals surface area contributed by atoms with Gasteiger partial charge in [-0.1, -0.05) is 69.8 Å². The number of hydrogen-bond donors (Lipinski definition) is 3. The van der Waals surface area contributed by atoms with Crippen molar-refractivity contribution in [2.75, 3.05) is 25.4 Å². The molecule has 0 saturated carbocycles. The molecular weight excluding hydrogens is 462 g/mol. The van der Waals surface area contributed by atoms with Gasteiger partial charge in [0.15, 0.2) is 4.87 Å². The summed E-state index contributed by atoms with van der Waals surface area (Å²) in [5, 5.41) is 9.24.